The number of piperidine rings is 1. The number of nitrogens with one attached hydrogen (secondary N) is 1. The summed E-state index contributed by atoms with van der Waals surface area (Å²) in [5.74, 6) is -0.187. The SMILES string of the molecule is C[NH+]1CCC(C)(OC(=O)c2cc(I)cc(I)c2I)CC1. The van der Waals surface area contributed by atoms with Gasteiger partial charge in [-0.2, -0.15) is 0 Å². The van der Waals surface area contributed by atoms with Gasteiger partial charge in [-0.1, -0.05) is 0 Å². The first-order valence-electron chi connectivity index (χ1n) is 6.50. The van der Waals surface area contributed by atoms with Gasteiger partial charge in [-0.25, -0.2) is 4.79 Å². The van der Waals surface area contributed by atoms with Gasteiger partial charge in [0.15, 0.2) is 0 Å². The van der Waals surface area contributed by atoms with E-state index in [0.717, 1.165) is 36.6 Å². The molecule has 1 aromatic carbocycles. The second-order valence-corrected chi connectivity index (χ2v) is 9.03. The Kier molecular flexibility index (Phi) is 5.97. The third-order valence-electron chi connectivity index (χ3n) is 3.71. The fraction of sp³-hybridized carbons (Fsp3) is 0.500. The number of esters is 1. The van der Waals surface area contributed by atoms with Crippen LogP contribution in [0.2, 0.25) is 0 Å². The van der Waals surface area contributed by atoms with E-state index in [4.69, 9.17) is 4.74 Å². The van der Waals surface area contributed by atoms with Gasteiger partial charge in [0.2, 0.25) is 0 Å². The van der Waals surface area contributed by atoms with Gasteiger partial charge in [0.05, 0.1) is 25.7 Å². The van der Waals surface area contributed by atoms with Gasteiger partial charge in [-0.05, 0) is 86.8 Å². The Labute approximate surface area is 160 Å². The number of halogens is 3. The third-order valence-corrected chi connectivity index (χ3v) is 7.38. The fourth-order valence-corrected chi connectivity index (χ4v) is 4.67. The summed E-state index contributed by atoms with van der Waals surface area (Å²) in [4.78, 5) is 14.0. The van der Waals surface area contributed by atoms with E-state index in [1.165, 1.54) is 4.90 Å². The first-order chi connectivity index (χ1) is 9.31. The van der Waals surface area contributed by atoms with Crippen LogP contribution >= 0.6 is 67.8 Å². The molecule has 0 bridgehead atoms. The van der Waals surface area contributed by atoms with Crippen molar-refractivity contribution in [2.45, 2.75) is 25.4 Å². The Balaban J connectivity index is 2.16. The van der Waals surface area contributed by atoms with Crippen LogP contribution in [-0.2, 0) is 4.74 Å². The average molecular weight is 612 g/mol. The van der Waals surface area contributed by atoms with Gasteiger partial charge in [-0.15, -0.1) is 0 Å². The Morgan fingerprint density at radius 1 is 1.25 bits per heavy atom. The van der Waals surface area contributed by atoms with E-state index < -0.39 is 0 Å². The molecule has 1 saturated heterocycles. The predicted molar refractivity (Wildman–Crippen MR) is 104 cm³/mol. The summed E-state index contributed by atoms with van der Waals surface area (Å²) < 4.78 is 8.99. The Hall–Kier alpha value is 0.840. The standard InChI is InChI=1S/C14H16I3NO2/c1-14(3-5-18(2)6-4-14)20-13(19)10-7-9(15)8-11(16)12(10)17/h7-8H,3-6H2,1-2H3/p+1. The minimum Gasteiger partial charge on any atom is -0.455 e. The highest BCUT2D eigenvalue weighted by atomic mass is 127. The minimum atomic E-state index is -0.313. The molecule has 1 heterocycles. The molecular weight excluding hydrogens is 595 g/mol. The maximum Gasteiger partial charge on any atom is 0.339 e. The van der Waals surface area contributed by atoms with Crippen LogP contribution < -0.4 is 4.90 Å². The van der Waals surface area contributed by atoms with Crippen LogP contribution in [0.4, 0.5) is 0 Å². The van der Waals surface area contributed by atoms with Gasteiger partial charge in [0.1, 0.15) is 5.60 Å². The molecule has 20 heavy (non-hydrogen) atoms. The maximum absolute atomic E-state index is 12.5. The molecule has 1 aromatic rings. The smallest absolute Gasteiger partial charge is 0.339 e. The molecule has 0 spiro atoms. The van der Waals surface area contributed by atoms with Gasteiger partial charge >= 0.3 is 5.97 Å². The van der Waals surface area contributed by atoms with Gasteiger partial charge in [0, 0.05) is 23.6 Å². The average Bonchev–Trinajstić information content (AvgIpc) is 2.37. The fourth-order valence-electron chi connectivity index (χ4n) is 2.29. The summed E-state index contributed by atoms with van der Waals surface area (Å²) in [5.41, 5.74) is 0.376. The number of quaternary nitrogens is 1. The van der Waals surface area contributed by atoms with E-state index in [9.17, 15) is 4.79 Å². The summed E-state index contributed by atoms with van der Waals surface area (Å²) in [6.07, 6.45) is 1.87. The first-order valence-corrected chi connectivity index (χ1v) is 9.73. The second kappa shape index (κ2) is 6.95. The number of benzene rings is 1. The number of carbonyl (C=O) groups is 1. The zero-order valence-corrected chi connectivity index (χ0v) is 17.9. The molecule has 3 nitrogen and oxygen atoms in total. The monoisotopic (exact) mass is 612 g/mol. The molecule has 0 radical (unpaired) electrons. The van der Waals surface area contributed by atoms with Crippen LogP contribution in [0.3, 0.4) is 0 Å². The van der Waals surface area contributed by atoms with Crippen molar-refractivity contribution in [2.24, 2.45) is 0 Å². The topological polar surface area (TPSA) is 30.7 Å². The van der Waals surface area contributed by atoms with E-state index >= 15 is 0 Å². The van der Waals surface area contributed by atoms with Crippen molar-refractivity contribution in [2.75, 3.05) is 20.1 Å². The molecule has 2 rings (SSSR count). The largest absolute Gasteiger partial charge is 0.455 e. The molecule has 0 saturated carbocycles. The van der Waals surface area contributed by atoms with Crippen molar-refractivity contribution < 1.29 is 14.4 Å². The number of hydrogen-bond donors (Lipinski definition) is 1. The Morgan fingerprint density at radius 3 is 2.45 bits per heavy atom. The molecular formula is C14H17I3NO2+. The second-order valence-electron chi connectivity index (χ2n) is 5.55. The highest BCUT2D eigenvalue weighted by molar-refractivity contribution is 14.1. The van der Waals surface area contributed by atoms with E-state index in [-0.39, 0.29) is 11.6 Å². The van der Waals surface area contributed by atoms with E-state index in [1.54, 1.807) is 0 Å². The molecule has 1 fully saturated rings. The molecule has 0 unspecified atom stereocenters. The number of ether oxygens (including phenoxy) is 1. The maximum atomic E-state index is 12.5. The molecule has 0 atom stereocenters. The van der Waals surface area contributed by atoms with Crippen LogP contribution in [0, 0.1) is 10.7 Å². The van der Waals surface area contributed by atoms with Crippen LogP contribution in [0.5, 0.6) is 0 Å². The molecule has 0 amide bonds. The summed E-state index contributed by atoms with van der Waals surface area (Å²) >= 11 is 6.72. The lowest BCUT2D eigenvalue weighted by Crippen LogP contribution is -3.10. The molecule has 0 aliphatic carbocycles. The molecule has 6 heteroatoms. The molecule has 0 aromatic heterocycles. The molecule has 1 aliphatic heterocycles. The van der Waals surface area contributed by atoms with Crippen molar-refractivity contribution in [3.8, 4) is 0 Å². The highest BCUT2D eigenvalue weighted by Crippen LogP contribution is 2.27. The van der Waals surface area contributed by atoms with Crippen molar-refractivity contribution in [3.63, 3.8) is 0 Å². The summed E-state index contributed by atoms with van der Waals surface area (Å²) in [5, 5.41) is 0. The normalized spacial score (nSPS) is 26.4. The van der Waals surface area contributed by atoms with Gasteiger partial charge < -0.3 is 9.64 Å². The van der Waals surface area contributed by atoms with Crippen LogP contribution in [0.15, 0.2) is 12.1 Å². The zero-order chi connectivity index (χ0) is 14.9. The van der Waals surface area contributed by atoms with E-state index in [2.05, 4.69) is 87.8 Å². The highest BCUT2D eigenvalue weighted by Gasteiger charge is 2.35. The quantitative estimate of drug-likeness (QED) is 0.317. The lowest BCUT2D eigenvalue weighted by atomic mass is 9.93. The molecule has 110 valence electrons. The zero-order valence-electron chi connectivity index (χ0n) is 11.4. The van der Waals surface area contributed by atoms with E-state index in [0.29, 0.717) is 5.56 Å². The summed E-state index contributed by atoms with van der Waals surface area (Å²) in [6.45, 7) is 4.18. The molecule has 1 N–H and O–H groups in total. The molecule has 1 aliphatic rings. The number of carbonyl (C=O) groups excluding carboxylic acids is 1. The van der Waals surface area contributed by atoms with Gasteiger partial charge in [0.25, 0.3) is 0 Å². The van der Waals surface area contributed by atoms with Crippen LogP contribution in [0.25, 0.3) is 0 Å². The van der Waals surface area contributed by atoms with Crippen molar-refractivity contribution in [1.82, 2.24) is 0 Å². The van der Waals surface area contributed by atoms with Crippen LogP contribution in [0.1, 0.15) is 30.1 Å². The minimum absolute atomic E-state index is 0.187. The first kappa shape index (κ1) is 17.2. The number of rotatable bonds is 2. The van der Waals surface area contributed by atoms with E-state index in [1.807, 2.05) is 6.07 Å². The van der Waals surface area contributed by atoms with Crippen molar-refractivity contribution in [3.05, 3.63) is 28.4 Å². The number of likely N-dealkylation sites (tertiary alicyclic amines) is 1. The van der Waals surface area contributed by atoms with Crippen molar-refractivity contribution >= 4 is 73.7 Å². The lowest BCUT2D eigenvalue weighted by Gasteiger charge is -2.35. The van der Waals surface area contributed by atoms with Gasteiger partial charge in [-0.3, -0.25) is 0 Å². The Bertz CT molecular complexity index is 525. The summed E-state index contributed by atoms with van der Waals surface area (Å²) in [7, 11) is 2.19. The van der Waals surface area contributed by atoms with Crippen LogP contribution in [-0.4, -0.2) is 31.7 Å². The predicted octanol–water partition coefficient (Wildman–Crippen LogP) is 2.72. The Morgan fingerprint density at radius 2 is 1.85 bits per heavy atom. The number of hydrogen-bond acceptors (Lipinski definition) is 2. The third kappa shape index (κ3) is 4.19. The van der Waals surface area contributed by atoms with Crippen molar-refractivity contribution in [1.29, 1.82) is 0 Å². The lowest BCUT2D eigenvalue weighted by molar-refractivity contribution is -0.887. The summed E-state index contributed by atoms with van der Waals surface area (Å²) in [6, 6.07) is 3.98.